The van der Waals surface area contributed by atoms with Crippen LogP contribution in [0.3, 0.4) is 0 Å². The first-order chi connectivity index (χ1) is 10.1. The van der Waals surface area contributed by atoms with Crippen LogP contribution in [0.1, 0.15) is 23.3 Å². The molecule has 1 aliphatic rings. The molecule has 0 spiro atoms. The minimum absolute atomic E-state index is 0.138. The first-order valence-corrected chi connectivity index (χ1v) is 9.26. The van der Waals surface area contributed by atoms with Crippen LogP contribution in [-0.2, 0) is 23.1 Å². The molecule has 0 amide bonds. The van der Waals surface area contributed by atoms with E-state index in [4.69, 9.17) is 5.73 Å². The van der Waals surface area contributed by atoms with E-state index in [0.717, 1.165) is 23.3 Å². The molecule has 3 rings (SSSR count). The van der Waals surface area contributed by atoms with Crippen molar-refractivity contribution in [1.29, 1.82) is 0 Å². The fourth-order valence-corrected chi connectivity index (χ4v) is 4.82. The highest BCUT2D eigenvalue weighted by molar-refractivity contribution is 7.89. The van der Waals surface area contributed by atoms with Crippen molar-refractivity contribution in [2.45, 2.75) is 36.9 Å². The van der Waals surface area contributed by atoms with Crippen molar-refractivity contribution in [3.63, 3.8) is 0 Å². The number of thiophene rings is 1. The predicted molar refractivity (Wildman–Crippen MR) is 84.4 cm³/mol. The van der Waals surface area contributed by atoms with Crippen LogP contribution in [0, 0.1) is 0 Å². The van der Waals surface area contributed by atoms with Gasteiger partial charge in [-0.15, -0.1) is 11.3 Å². The van der Waals surface area contributed by atoms with Gasteiger partial charge in [-0.25, -0.2) is 8.42 Å². The molecular weight excluding hydrogens is 304 g/mol. The predicted octanol–water partition coefficient (Wildman–Crippen LogP) is 2.56. The van der Waals surface area contributed by atoms with Gasteiger partial charge >= 0.3 is 0 Å². The lowest BCUT2D eigenvalue weighted by atomic mass is 10.2. The zero-order valence-electron chi connectivity index (χ0n) is 11.6. The molecule has 6 heteroatoms. The van der Waals surface area contributed by atoms with Gasteiger partial charge in [0.25, 0.3) is 0 Å². The van der Waals surface area contributed by atoms with Gasteiger partial charge in [0.2, 0.25) is 10.0 Å². The van der Waals surface area contributed by atoms with Crippen LogP contribution in [0.4, 0.5) is 0 Å². The lowest BCUT2D eigenvalue weighted by Gasteiger charge is -2.21. The summed E-state index contributed by atoms with van der Waals surface area (Å²) in [6.45, 7) is 0.801. The number of hydrogen-bond acceptors (Lipinski definition) is 4. The Balaban J connectivity index is 1.93. The van der Waals surface area contributed by atoms with E-state index < -0.39 is 10.0 Å². The highest BCUT2D eigenvalue weighted by atomic mass is 32.2. The summed E-state index contributed by atoms with van der Waals surface area (Å²) in [7, 11) is -3.46. The van der Waals surface area contributed by atoms with E-state index in [-0.39, 0.29) is 6.04 Å². The van der Waals surface area contributed by atoms with Crippen LogP contribution in [0.15, 0.2) is 46.7 Å². The molecule has 0 radical (unpaired) electrons. The third-order valence-electron chi connectivity index (χ3n) is 3.59. The molecule has 2 aromatic rings. The molecule has 0 atom stereocenters. The van der Waals surface area contributed by atoms with Crippen LogP contribution in [0.25, 0.3) is 0 Å². The van der Waals surface area contributed by atoms with Gasteiger partial charge in [0.05, 0.1) is 4.90 Å². The first kappa shape index (κ1) is 14.7. The second-order valence-corrected chi connectivity index (χ2v) is 8.14. The summed E-state index contributed by atoms with van der Waals surface area (Å²) in [5.74, 6) is 0. The molecule has 0 bridgehead atoms. The fourth-order valence-electron chi connectivity index (χ4n) is 2.30. The smallest absolute Gasteiger partial charge is 0.243 e. The second kappa shape index (κ2) is 5.88. The fraction of sp³-hybridized carbons (Fsp3) is 0.333. The molecule has 1 saturated carbocycles. The Bertz CT molecular complexity index is 707. The number of benzene rings is 1. The van der Waals surface area contributed by atoms with Gasteiger partial charge in [-0.1, -0.05) is 18.2 Å². The van der Waals surface area contributed by atoms with Gasteiger partial charge in [-0.3, -0.25) is 0 Å². The molecule has 1 aromatic carbocycles. The van der Waals surface area contributed by atoms with E-state index in [1.54, 1.807) is 33.8 Å². The molecule has 1 aromatic heterocycles. The molecule has 112 valence electrons. The zero-order valence-corrected chi connectivity index (χ0v) is 13.2. The molecule has 0 saturated heterocycles. The highest BCUT2D eigenvalue weighted by Crippen LogP contribution is 2.34. The Morgan fingerprint density at radius 1 is 1.24 bits per heavy atom. The Morgan fingerprint density at radius 3 is 2.67 bits per heavy atom. The Hall–Kier alpha value is -1.21. The van der Waals surface area contributed by atoms with Crippen molar-refractivity contribution >= 4 is 21.4 Å². The summed E-state index contributed by atoms with van der Waals surface area (Å²) in [6.07, 6.45) is 1.89. The van der Waals surface area contributed by atoms with E-state index >= 15 is 0 Å². The molecule has 4 nitrogen and oxygen atoms in total. The summed E-state index contributed by atoms with van der Waals surface area (Å²) < 4.78 is 27.4. The van der Waals surface area contributed by atoms with E-state index in [0.29, 0.717) is 18.0 Å². The van der Waals surface area contributed by atoms with Gasteiger partial charge in [0.15, 0.2) is 0 Å². The molecule has 1 aliphatic carbocycles. The van der Waals surface area contributed by atoms with E-state index in [1.807, 2.05) is 23.6 Å². The molecule has 0 aliphatic heterocycles. The van der Waals surface area contributed by atoms with E-state index in [1.165, 1.54) is 0 Å². The van der Waals surface area contributed by atoms with Gasteiger partial charge in [-0.2, -0.15) is 4.31 Å². The minimum Gasteiger partial charge on any atom is -0.326 e. The molecule has 2 N–H and O–H groups in total. The number of nitrogens with zero attached hydrogens (tertiary/aromatic N) is 1. The van der Waals surface area contributed by atoms with Gasteiger partial charge < -0.3 is 5.73 Å². The number of rotatable bonds is 6. The van der Waals surface area contributed by atoms with E-state index in [2.05, 4.69) is 0 Å². The van der Waals surface area contributed by atoms with Crippen molar-refractivity contribution in [3.05, 3.63) is 52.2 Å². The third-order valence-corrected chi connectivity index (χ3v) is 6.34. The highest BCUT2D eigenvalue weighted by Gasteiger charge is 2.38. The van der Waals surface area contributed by atoms with Crippen molar-refractivity contribution in [2.24, 2.45) is 5.73 Å². The monoisotopic (exact) mass is 322 g/mol. The maximum Gasteiger partial charge on any atom is 0.243 e. The standard InChI is InChI=1S/C15H18N2O2S2/c16-10-12-3-1-5-15(9-12)21(18,19)17(13-6-7-13)11-14-4-2-8-20-14/h1-5,8-9,13H,6-7,10-11,16H2. The second-order valence-electron chi connectivity index (χ2n) is 5.21. The summed E-state index contributed by atoms with van der Waals surface area (Å²) in [5, 5.41) is 1.97. The van der Waals surface area contributed by atoms with Crippen LogP contribution < -0.4 is 5.73 Å². The van der Waals surface area contributed by atoms with Crippen molar-refractivity contribution in [1.82, 2.24) is 4.31 Å². The van der Waals surface area contributed by atoms with Gasteiger partial charge in [0, 0.05) is 24.0 Å². The quantitative estimate of drug-likeness (QED) is 0.889. The Labute approximate surface area is 129 Å². The maximum absolute atomic E-state index is 12.9. The Kier molecular flexibility index (Phi) is 4.12. The summed E-state index contributed by atoms with van der Waals surface area (Å²) in [6, 6.07) is 11.0. The topological polar surface area (TPSA) is 63.4 Å². The number of hydrogen-bond donors (Lipinski definition) is 1. The number of sulfonamides is 1. The normalized spacial score (nSPS) is 15.5. The van der Waals surface area contributed by atoms with Crippen molar-refractivity contribution < 1.29 is 8.42 Å². The first-order valence-electron chi connectivity index (χ1n) is 6.94. The van der Waals surface area contributed by atoms with Crippen LogP contribution >= 0.6 is 11.3 Å². The van der Waals surface area contributed by atoms with Crippen LogP contribution in [0.2, 0.25) is 0 Å². The summed E-state index contributed by atoms with van der Waals surface area (Å²) >= 11 is 1.59. The molecular formula is C15H18N2O2S2. The summed E-state index contributed by atoms with van der Waals surface area (Å²) in [4.78, 5) is 1.41. The Morgan fingerprint density at radius 2 is 2.05 bits per heavy atom. The lowest BCUT2D eigenvalue weighted by molar-refractivity contribution is 0.401. The van der Waals surface area contributed by atoms with Gasteiger partial charge in [-0.05, 0) is 42.0 Å². The molecule has 1 heterocycles. The van der Waals surface area contributed by atoms with Crippen molar-refractivity contribution in [3.8, 4) is 0 Å². The summed E-state index contributed by atoms with van der Waals surface area (Å²) in [5.41, 5.74) is 6.45. The lowest BCUT2D eigenvalue weighted by Crippen LogP contribution is -2.32. The maximum atomic E-state index is 12.9. The zero-order chi connectivity index (χ0) is 14.9. The van der Waals surface area contributed by atoms with Crippen LogP contribution in [0.5, 0.6) is 0 Å². The van der Waals surface area contributed by atoms with Gasteiger partial charge in [0.1, 0.15) is 0 Å². The minimum atomic E-state index is -3.46. The third kappa shape index (κ3) is 3.18. The largest absolute Gasteiger partial charge is 0.326 e. The average Bonchev–Trinajstić information content (AvgIpc) is 3.20. The van der Waals surface area contributed by atoms with Crippen molar-refractivity contribution in [2.75, 3.05) is 0 Å². The molecule has 21 heavy (non-hydrogen) atoms. The molecule has 1 fully saturated rings. The van der Waals surface area contributed by atoms with E-state index in [9.17, 15) is 8.42 Å². The van der Waals surface area contributed by atoms with Crippen LogP contribution in [-0.4, -0.2) is 18.8 Å². The SMILES string of the molecule is NCc1cccc(S(=O)(=O)N(Cc2cccs2)C2CC2)c1. The number of nitrogens with two attached hydrogens (primary N) is 1. The average molecular weight is 322 g/mol. The molecule has 0 unspecified atom stereocenters.